The van der Waals surface area contributed by atoms with Gasteiger partial charge in [-0.1, -0.05) is 166 Å². The smallest absolute Gasteiger partial charge is 0.276 e. The number of hydrogen-bond donors (Lipinski definition) is 3. The maximum atomic E-state index is 15.5. The molecule has 0 radical (unpaired) electrons. The summed E-state index contributed by atoms with van der Waals surface area (Å²) in [6.07, 6.45) is 8.44. The number of fused-ring (bicyclic) bond motifs is 3. The topological polar surface area (TPSA) is 346 Å². The molecule has 3 amide bonds. The third-order valence-electron chi connectivity index (χ3n) is 24.0. The Morgan fingerprint density at radius 3 is 0.833 bits per heavy atom. The molecule has 3 atom stereocenters. The monoisotopic (exact) mass is 2060 g/mol. The van der Waals surface area contributed by atoms with Crippen molar-refractivity contribution in [3.8, 4) is 86.3 Å². The van der Waals surface area contributed by atoms with Gasteiger partial charge in [0.2, 0.25) is 17.7 Å². The predicted molar refractivity (Wildman–Crippen MR) is 523 cm³/mol. The molecule has 3 aromatic carbocycles. The van der Waals surface area contributed by atoms with Crippen molar-refractivity contribution in [2.24, 2.45) is 0 Å². The number of phenolic OH excluding ortho intramolecular Hbond substituents is 3. The number of amides is 3. The minimum absolute atomic E-state index is 0.0565. The van der Waals surface area contributed by atoms with E-state index in [4.69, 9.17) is 104 Å². The van der Waals surface area contributed by atoms with Crippen molar-refractivity contribution in [2.45, 2.75) is 119 Å². The highest BCUT2D eigenvalue weighted by Gasteiger charge is 2.40. The molecule has 3 N–H and O–H groups in total. The summed E-state index contributed by atoms with van der Waals surface area (Å²) in [6, 6.07) is 14.4. The zero-order chi connectivity index (χ0) is 101. The molecule has 3 fully saturated rings. The summed E-state index contributed by atoms with van der Waals surface area (Å²) in [4.78, 5) is 118. The molecule has 9 aromatic heterocycles. The van der Waals surface area contributed by atoms with E-state index in [9.17, 15) is 73.0 Å². The normalized spacial score (nSPS) is 15.0. The largest absolute Gasteiger partial charge is 0.504 e. The van der Waals surface area contributed by atoms with Gasteiger partial charge in [0.25, 0.3) is 16.7 Å². The summed E-state index contributed by atoms with van der Waals surface area (Å²) in [7, 11) is 0. The fourth-order valence-corrected chi connectivity index (χ4v) is 19.6. The number of pyridine rings is 9. The lowest BCUT2D eigenvalue weighted by Gasteiger charge is -2.41. The van der Waals surface area contributed by atoms with Crippen LogP contribution in [0.5, 0.6) is 17.2 Å². The van der Waals surface area contributed by atoms with Crippen molar-refractivity contribution in [2.75, 3.05) is 73.6 Å². The van der Waals surface area contributed by atoms with Crippen LogP contribution in [0, 0.1) is 89.7 Å². The molecule has 3 aliphatic heterocycles. The lowest BCUT2D eigenvalue weighted by atomic mass is 10.0. The highest BCUT2D eigenvalue weighted by atomic mass is 35.5. The lowest BCUT2D eigenvalue weighted by Crippen LogP contribution is -2.54. The number of aromatic nitrogens is 9. The first-order valence-corrected chi connectivity index (χ1v) is 45.8. The zero-order valence-electron chi connectivity index (χ0n) is 75.4. The van der Waals surface area contributed by atoms with E-state index in [1.54, 1.807) is 87.0 Å². The van der Waals surface area contributed by atoms with Gasteiger partial charge >= 0.3 is 0 Å². The Balaban J connectivity index is 0.000000175. The number of nitriles is 3. The number of piperazine rings is 3. The number of rotatable bonds is 15. The molecule has 12 heterocycles. The summed E-state index contributed by atoms with van der Waals surface area (Å²) in [5.74, 6) is -12.9. The minimum atomic E-state index is -1.37. The number of phenols is 3. The molecule has 0 saturated carbocycles. The van der Waals surface area contributed by atoms with E-state index in [1.807, 2.05) is 62.3 Å². The van der Waals surface area contributed by atoms with Crippen molar-refractivity contribution in [3.05, 3.63) is 255 Å². The average Bonchev–Trinajstić information content (AvgIpc) is 0.726. The first-order chi connectivity index (χ1) is 65.2. The van der Waals surface area contributed by atoms with Crippen LogP contribution in [-0.2, 0) is 14.4 Å². The Morgan fingerprint density at radius 1 is 0.399 bits per heavy atom. The average molecular weight is 2060 g/mol. The maximum Gasteiger partial charge on any atom is 0.276 e. The van der Waals surface area contributed by atoms with E-state index < -0.39 is 116 Å². The van der Waals surface area contributed by atoms with Gasteiger partial charge in [0.1, 0.15) is 66.9 Å². The number of carbonyl (C=O) groups is 3. The summed E-state index contributed by atoms with van der Waals surface area (Å²) < 4.78 is 95.0. The van der Waals surface area contributed by atoms with Crippen LogP contribution in [0.25, 0.3) is 83.9 Å². The maximum absolute atomic E-state index is 15.5. The van der Waals surface area contributed by atoms with Crippen molar-refractivity contribution in [3.63, 3.8) is 0 Å². The molecule has 27 nitrogen and oxygen atoms in total. The van der Waals surface area contributed by atoms with Crippen LogP contribution in [0.15, 0.2) is 107 Å². The number of carbonyl (C=O) groups excluding carboxylic acids is 3. The van der Waals surface area contributed by atoms with Crippen LogP contribution in [0.1, 0.15) is 131 Å². The molecule has 12 aromatic rings. The molecule has 0 aliphatic carbocycles. The molecule has 714 valence electrons. The van der Waals surface area contributed by atoms with Crippen LogP contribution in [0.2, 0.25) is 45.2 Å². The van der Waals surface area contributed by atoms with E-state index in [2.05, 4.69) is 67.8 Å². The second kappa shape index (κ2) is 40.8. The van der Waals surface area contributed by atoms with E-state index >= 15 is 13.2 Å². The summed E-state index contributed by atoms with van der Waals surface area (Å²) in [6.45, 7) is 35.0. The molecular formula is C96H81Cl9F6N18O9. The highest BCUT2D eigenvalue weighted by molar-refractivity contribution is 6.41. The van der Waals surface area contributed by atoms with Crippen LogP contribution < -0.4 is 31.4 Å². The number of aryl methyl sites for hydroxylation is 3. The van der Waals surface area contributed by atoms with Crippen LogP contribution in [0.3, 0.4) is 0 Å². The Morgan fingerprint density at radius 2 is 0.630 bits per heavy atom. The van der Waals surface area contributed by atoms with E-state index in [0.717, 1.165) is 0 Å². The SMILES string of the molecule is C=CC(=O)N1CCN(c2c(C#N)c(=O)n(-c3c(C)ccnc3C(C)C)c3nc(-c4c(F)c(O)c(Cl)c(F)c4Cl)c(Cl)cc23)C[C@H]1C.C=CC(=O)N1CCN(c2c(C#N)c(=O)n(-c3c(C)ccnc3C(C)C)c3nc(-c4c(F)c(O)c(Cl)c(F)c4Cl)c(Cl)cc23)C[C@H]1C.C=CC(=O)N1CCN(c2c(C#N)c(=O)n(-c3c(C)ccnc3C(C)C)c3nc(-c4c(F)c(O)c(Cl)c(F)c4Cl)c(Cl)cc23)C[C@H]1C. The van der Waals surface area contributed by atoms with Crippen LogP contribution >= 0.6 is 104 Å². The van der Waals surface area contributed by atoms with Gasteiger partial charge in [0.05, 0.1) is 115 Å². The van der Waals surface area contributed by atoms with Crippen molar-refractivity contribution < 1.29 is 56.0 Å². The van der Waals surface area contributed by atoms with Gasteiger partial charge in [0, 0.05) is 112 Å². The highest BCUT2D eigenvalue weighted by Crippen LogP contribution is 2.51. The van der Waals surface area contributed by atoms with Gasteiger partial charge in [-0.25, -0.2) is 41.3 Å². The van der Waals surface area contributed by atoms with Gasteiger partial charge in [0.15, 0.2) is 52.2 Å². The van der Waals surface area contributed by atoms with Gasteiger partial charge in [-0.15, -0.1) is 0 Å². The van der Waals surface area contributed by atoms with Crippen molar-refractivity contribution in [1.82, 2.24) is 58.3 Å². The van der Waals surface area contributed by atoms with Gasteiger partial charge < -0.3 is 44.7 Å². The molecular weight excluding hydrogens is 1980 g/mol. The third-order valence-corrected chi connectivity index (χ3v) is 26.9. The fraction of sp³-hybridized carbons (Fsp3) is 0.281. The number of benzene rings is 3. The van der Waals surface area contributed by atoms with Crippen LogP contribution in [0.4, 0.5) is 43.4 Å². The lowest BCUT2D eigenvalue weighted by molar-refractivity contribution is -0.129. The minimum Gasteiger partial charge on any atom is -0.504 e. The first kappa shape index (κ1) is 103. The second-order valence-electron chi connectivity index (χ2n) is 33.6. The number of nitrogens with zero attached hydrogens (tertiary/aromatic N) is 18. The molecule has 3 aliphatic rings. The predicted octanol–water partition coefficient (Wildman–Crippen LogP) is 20.8. The van der Waals surface area contributed by atoms with Crippen LogP contribution in [-0.4, -0.2) is 168 Å². The molecule has 15 rings (SSSR count). The number of hydrogen-bond acceptors (Lipinski definition) is 21. The van der Waals surface area contributed by atoms with Crippen molar-refractivity contribution in [1.29, 1.82) is 15.8 Å². The molecule has 138 heavy (non-hydrogen) atoms. The van der Waals surface area contributed by atoms with E-state index in [-0.39, 0.29) is 212 Å². The fourth-order valence-electron chi connectivity index (χ4n) is 17.4. The molecule has 0 bridgehead atoms. The number of aromatic hydroxyl groups is 3. The summed E-state index contributed by atoms with van der Waals surface area (Å²) in [5.41, 5.74) is -1.08. The first-order valence-electron chi connectivity index (χ1n) is 42.4. The summed E-state index contributed by atoms with van der Waals surface area (Å²) in [5, 5.41) is 57.0. The molecule has 3 saturated heterocycles. The van der Waals surface area contributed by atoms with Crippen molar-refractivity contribution >= 4 is 172 Å². The molecule has 0 unspecified atom stereocenters. The van der Waals surface area contributed by atoms with E-state index in [0.29, 0.717) is 50.8 Å². The second-order valence-corrected chi connectivity index (χ2v) is 37.1. The Kier molecular flexibility index (Phi) is 30.3. The standard InChI is InChI=1S/3C32H27Cl3F2N6O3/c3*1-6-20(44)42-10-9-41(13-16(42)5)29-17-11-19(33)27(21-22(34)25(37)23(35)30(45)24(21)36)40-31(17)43(32(46)18(29)12-38)28-15(4)7-8-39-26(28)14(2)3/h3*6-8,11,14,16,45H,1,9-10,13H2,2-5H3/t3*16-/m111/s1. The molecule has 42 heteroatoms. The number of anilines is 3. The Hall–Kier alpha value is -12.7. The molecule has 0 spiro atoms. The van der Waals surface area contributed by atoms with E-state index in [1.165, 1.54) is 50.1 Å². The zero-order valence-corrected chi connectivity index (χ0v) is 82.2. The quantitative estimate of drug-likeness (QED) is 0.0371. The summed E-state index contributed by atoms with van der Waals surface area (Å²) >= 11 is 56.0. The number of halogens is 15. The Bertz CT molecular complexity index is 6790. The van der Waals surface area contributed by atoms with Gasteiger partial charge in [-0.05, 0) is 131 Å². The van der Waals surface area contributed by atoms with Gasteiger partial charge in [-0.3, -0.25) is 57.4 Å². The Labute approximate surface area is 830 Å². The third kappa shape index (κ3) is 18.0. The van der Waals surface area contributed by atoms with Gasteiger partial charge in [-0.2, -0.15) is 15.8 Å².